The number of nitrogens with one attached hydrogen (secondary N) is 2. The van der Waals surface area contributed by atoms with Gasteiger partial charge in [-0.15, -0.1) is 0 Å². The number of amides is 1. The Morgan fingerprint density at radius 1 is 1.38 bits per heavy atom. The van der Waals surface area contributed by atoms with Gasteiger partial charge in [0.1, 0.15) is 17.5 Å². The Morgan fingerprint density at radius 2 is 2.25 bits per heavy atom. The molecule has 0 saturated heterocycles. The maximum atomic E-state index is 12.3. The van der Waals surface area contributed by atoms with Crippen LogP contribution in [0.4, 0.5) is 5.69 Å². The van der Waals surface area contributed by atoms with Crippen molar-refractivity contribution in [1.29, 1.82) is 0 Å². The molecule has 2 aromatic rings. The van der Waals surface area contributed by atoms with E-state index in [0.29, 0.717) is 12.1 Å². The monoisotopic (exact) mass is 325 g/mol. The first-order chi connectivity index (χ1) is 11.6. The average molecular weight is 325 g/mol. The Morgan fingerprint density at radius 3 is 3.04 bits per heavy atom. The van der Waals surface area contributed by atoms with Gasteiger partial charge in [-0.3, -0.25) is 9.78 Å². The molecule has 1 aliphatic carbocycles. The first-order valence-electron chi connectivity index (χ1n) is 8.05. The first kappa shape index (κ1) is 15.0. The molecule has 2 heterocycles. The lowest BCUT2D eigenvalue weighted by Crippen LogP contribution is -2.47. The lowest BCUT2D eigenvalue weighted by molar-refractivity contribution is 0.0848. The number of carbonyl (C=O) groups excluding carboxylic acids is 1. The minimum Gasteiger partial charge on any atom is -0.486 e. The molecular weight excluding hydrogens is 306 g/mol. The summed E-state index contributed by atoms with van der Waals surface area (Å²) in [6.45, 7) is 2.01. The summed E-state index contributed by atoms with van der Waals surface area (Å²) in [5.74, 6) is 0.498. The second-order valence-corrected chi connectivity index (χ2v) is 6.35. The molecule has 0 radical (unpaired) electrons. The number of rotatable bonds is 2. The number of aryl methyl sites for hydroxylation is 1. The smallest absolute Gasteiger partial charge is 0.270 e. The number of aliphatic hydroxyl groups is 1. The second kappa shape index (κ2) is 5.79. The number of hydrogen-bond acceptors (Lipinski definition) is 5. The van der Waals surface area contributed by atoms with E-state index in [1.165, 1.54) is 0 Å². The number of anilines is 1. The van der Waals surface area contributed by atoms with E-state index in [9.17, 15) is 9.90 Å². The van der Waals surface area contributed by atoms with Crippen LogP contribution in [0.5, 0.6) is 5.75 Å². The van der Waals surface area contributed by atoms with Gasteiger partial charge in [-0.2, -0.15) is 0 Å². The minimum absolute atomic E-state index is 0.177. The van der Waals surface area contributed by atoms with Crippen LogP contribution in [0.2, 0.25) is 0 Å². The Balaban J connectivity index is 1.49. The lowest BCUT2D eigenvalue weighted by atomic mass is 10.1. The lowest BCUT2D eigenvalue weighted by Gasteiger charge is -2.32. The molecule has 124 valence electrons. The number of carbonyl (C=O) groups is 1. The maximum absolute atomic E-state index is 12.3. The fourth-order valence-corrected chi connectivity index (χ4v) is 3.39. The van der Waals surface area contributed by atoms with E-state index in [1.54, 1.807) is 24.4 Å². The molecule has 1 aromatic carbocycles. The number of hydrogen-bond donors (Lipinski definition) is 3. The van der Waals surface area contributed by atoms with Gasteiger partial charge in [0, 0.05) is 12.6 Å². The van der Waals surface area contributed by atoms with E-state index in [-0.39, 0.29) is 24.1 Å². The summed E-state index contributed by atoms with van der Waals surface area (Å²) in [6.07, 6.45) is 1.22. The SMILES string of the molecule is Cc1ccc2c(c1)N[C@H]1[C@H](O)[C@H](NC(=O)c3ccccn3)C[C@H]1O2. The van der Waals surface area contributed by atoms with Crippen molar-refractivity contribution in [3.05, 3.63) is 53.9 Å². The van der Waals surface area contributed by atoms with Gasteiger partial charge < -0.3 is 20.5 Å². The van der Waals surface area contributed by atoms with Crippen LogP contribution in [-0.2, 0) is 0 Å². The summed E-state index contributed by atoms with van der Waals surface area (Å²) in [5.41, 5.74) is 2.34. The highest BCUT2D eigenvalue weighted by molar-refractivity contribution is 5.92. The standard InChI is InChI=1S/C18H19N3O3/c1-10-5-6-14-12(8-10)20-16-15(24-14)9-13(17(16)22)21-18(23)11-4-2-3-7-19-11/h2-8,13,15-17,20,22H,9H2,1H3,(H,21,23)/t13-,15-,16-,17-/m1/s1. The second-order valence-electron chi connectivity index (χ2n) is 6.35. The normalized spacial score (nSPS) is 27.4. The molecule has 4 atom stereocenters. The first-order valence-corrected chi connectivity index (χ1v) is 8.05. The fraction of sp³-hybridized carbons (Fsp3) is 0.333. The van der Waals surface area contributed by atoms with Crippen molar-refractivity contribution < 1.29 is 14.6 Å². The highest BCUT2D eigenvalue weighted by Crippen LogP contribution is 2.38. The highest BCUT2D eigenvalue weighted by atomic mass is 16.5. The van der Waals surface area contributed by atoms with Crippen LogP contribution in [0.3, 0.4) is 0 Å². The van der Waals surface area contributed by atoms with Crippen molar-refractivity contribution in [2.75, 3.05) is 5.32 Å². The van der Waals surface area contributed by atoms with Crippen LogP contribution >= 0.6 is 0 Å². The summed E-state index contributed by atoms with van der Waals surface area (Å²) < 4.78 is 6.01. The van der Waals surface area contributed by atoms with Crippen molar-refractivity contribution >= 4 is 11.6 Å². The molecule has 0 spiro atoms. The summed E-state index contributed by atoms with van der Waals surface area (Å²) in [5, 5.41) is 16.8. The molecule has 6 nitrogen and oxygen atoms in total. The van der Waals surface area contributed by atoms with Gasteiger partial charge in [-0.05, 0) is 36.8 Å². The fourth-order valence-electron chi connectivity index (χ4n) is 3.39. The summed E-state index contributed by atoms with van der Waals surface area (Å²) in [7, 11) is 0. The van der Waals surface area contributed by atoms with Gasteiger partial charge in [0.05, 0.1) is 23.9 Å². The van der Waals surface area contributed by atoms with E-state index in [2.05, 4.69) is 15.6 Å². The van der Waals surface area contributed by atoms with E-state index in [0.717, 1.165) is 17.0 Å². The number of nitrogens with zero attached hydrogens (tertiary/aromatic N) is 1. The van der Waals surface area contributed by atoms with Crippen LogP contribution in [0.15, 0.2) is 42.6 Å². The van der Waals surface area contributed by atoms with E-state index >= 15 is 0 Å². The molecule has 1 aliphatic heterocycles. The number of ether oxygens (including phenoxy) is 1. The number of aliphatic hydroxyl groups excluding tert-OH is 1. The van der Waals surface area contributed by atoms with Gasteiger partial charge >= 0.3 is 0 Å². The van der Waals surface area contributed by atoms with Gasteiger partial charge in [0.15, 0.2) is 0 Å². The van der Waals surface area contributed by atoms with Crippen LogP contribution < -0.4 is 15.4 Å². The Hall–Kier alpha value is -2.60. The molecule has 4 rings (SSSR count). The van der Waals surface area contributed by atoms with Crippen molar-refractivity contribution in [2.45, 2.75) is 37.6 Å². The molecular formula is C18H19N3O3. The highest BCUT2D eigenvalue weighted by Gasteiger charge is 2.47. The predicted molar refractivity (Wildman–Crippen MR) is 89.1 cm³/mol. The molecule has 1 aromatic heterocycles. The maximum Gasteiger partial charge on any atom is 0.270 e. The molecule has 1 saturated carbocycles. The number of aromatic nitrogens is 1. The average Bonchev–Trinajstić information content (AvgIpc) is 2.89. The Labute approximate surface area is 139 Å². The van der Waals surface area contributed by atoms with Crippen LogP contribution in [0.1, 0.15) is 22.5 Å². The predicted octanol–water partition coefficient (Wildman–Crippen LogP) is 1.49. The van der Waals surface area contributed by atoms with Gasteiger partial charge in [-0.1, -0.05) is 12.1 Å². The van der Waals surface area contributed by atoms with Crippen molar-refractivity contribution in [3.63, 3.8) is 0 Å². The molecule has 6 heteroatoms. The zero-order valence-electron chi connectivity index (χ0n) is 13.3. The molecule has 0 bridgehead atoms. The molecule has 0 unspecified atom stereocenters. The quantitative estimate of drug-likeness (QED) is 0.779. The molecule has 24 heavy (non-hydrogen) atoms. The molecule has 2 aliphatic rings. The molecule has 1 fully saturated rings. The van der Waals surface area contributed by atoms with Crippen molar-refractivity contribution in [2.24, 2.45) is 0 Å². The number of pyridine rings is 1. The summed E-state index contributed by atoms with van der Waals surface area (Å²) >= 11 is 0. The number of benzene rings is 1. The van der Waals surface area contributed by atoms with E-state index in [1.807, 2.05) is 25.1 Å². The van der Waals surface area contributed by atoms with Crippen LogP contribution in [-0.4, -0.2) is 40.3 Å². The van der Waals surface area contributed by atoms with Crippen LogP contribution in [0, 0.1) is 6.92 Å². The number of fused-ring (bicyclic) bond motifs is 2. The van der Waals surface area contributed by atoms with E-state index in [4.69, 9.17) is 4.74 Å². The molecule has 1 amide bonds. The Bertz CT molecular complexity index is 765. The summed E-state index contributed by atoms with van der Waals surface area (Å²) in [4.78, 5) is 16.3. The largest absolute Gasteiger partial charge is 0.486 e. The van der Waals surface area contributed by atoms with Crippen molar-refractivity contribution in [3.8, 4) is 5.75 Å². The van der Waals surface area contributed by atoms with E-state index < -0.39 is 6.10 Å². The minimum atomic E-state index is -0.726. The third-order valence-electron chi connectivity index (χ3n) is 4.62. The van der Waals surface area contributed by atoms with Gasteiger partial charge in [-0.25, -0.2) is 0 Å². The third-order valence-corrected chi connectivity index (χ3v) is 4.62. The van der Waals surface area contributed by atoms with Gasteiger partial charge in [0.2, 0.25) is 0 Å². The topological polar surface area (TPSA) is 83.5 Å². The van der Waals surface area contributed by atoms with Crippen LogP contribution in [0.25, 0.3) is 0 Å². The van der Waals surface area contributed by atoms with Gasteiger partial charge in [0.25, 0.3) is 5.91 Å². The zero-order chi connectivity index (χ0) is 16.7. The summed E-state index contributed by atoms with van der Waals surface area (Å²) in [6, 6.07) is 10.5. The third kappa shape index (κ3) is 2.59. The van der Waals surface area contributed by atoms with Crippen molar-refractivity contribution in [1.82, 2.24) is 10.3 Å². The molecule has 3 N–H and O–H groups in total. The Kier molecular flexibility index (Phi) is 3.61. The zero-order valence-corrected chi connectivity index (χ0v) is 13.3.